The number of halogens is 2. The van der Waals surface area contributed by atoms with E-state index in [0.29, 0.717) is 27.8 Å². The summed E-state index contributed by atoms with van der Waals surface area (Å²) >= 11 is 12.0. The molecule has 29 heavy (non-hydrogen) atoms. The lowest BCUT2D eigenvalue weighted by Gasteiger charge is -2.11. The van der Waals surface area contributed by atoms with Crippen LogP contribution < -0.4 is 5.32 Å². The van der Waals surface area contributed by atoms with Crippen LogP contribution in [0.2, 0.25) is 10.0 Å². The fraction of sp³-hybridized carbons (Fsp3) is 0.111. The summed E-state index contributed by atoms with van der Waals surface area (Å²) in [4.78, 5) is 23.6. The number of carbonyl (C=O) groups is 1. The molecule has 1 aromatic heterocycles. The van der Waals surface area contributed by atoms with Crippen molar-refractivity contribution in [3.05, 3.63) is 79.4 Å². The predicted molar refractivity (Wildman–Crippen MR) is 110 cm³/mol. The normalized spacial score (nSPS) is 15.2. The van der Waals surface area contributed by atoms with Gasteiger partial charge < -0.3 is 5.32 Å². The maximum atomic E-state index is 12.9. The minimum absolute atomic E-state index is 0.186. The predicted octanol–water partition coefficient (Wildman–Crippen LogP) is 4.10. The zero-order valence-corrected chi connectivity index (χ0v) is 16.9. The molecule has 4 rings (SSSR count). The van der Waals surface area contributed by atoms with Gasteiger partial charge in [-0.15, -0.1) is 0 Å². The highest BCUT2D eigenvalue weighted by atomic mass is 35.5. The summed E-state index contributed by atoms with van der Waals surface area (Å²) in [5.41, 5.74) is 1.25. The lowest BCUT2D eigenvalue weighted by atomic mass is 10.1. The molecule has 0 saturated carbocycles. The van der Waals surface area contributed by atoms with Crippen LogP contribution in [0, 0.1) is 10.1 Å². The van der Waals surface area contributed by atoms with E-state index in [9.17, 15) is 19.1 Å². The molecule has 1 amide bonds. The van der Waals surface area contributed by atoms with Crippen LogP contribution in [0.1, 0.15) is 21.6 Å². The number of nitrogens with one attached hydrogen (secondary N) is 1. The van der Waals surface area contributed by atoms with Crippen LogP contribution in [0.15, 0.2) is 42.5 Å². The fourth-order valence-electron chi connectivity index (χ4n) is 3.08. The van der Waals surface area contributed by atoms with Gasteiger partial charge in [-0.3, -0.25) is 19.1 Å². The molecule has 1 unspecified atom stereocenters. The summed E-state index contributed by atoms with van der Waals surface area (Å²) in [7, 11) is -1.12. The number of fused-ring (bicyclic) bond motifs is 1. The molecule has 148 valence electrons. The first kappa shape index (κ1) is 19.6. The monoisotopic (exact) mass is 450 g/mol. The maximum absolute atomic E-state index is 12.9. The number of hydrogen-bond acceptors (Lipinski definition) is 5. The molecule has 0 spiro atoms. The number of benzene rings is 2. The first-order valence-electron chi connectivity index (χ1n) is 8.30. The van der Waals surface area contributed by atoms with Gasteiger partial charge in [-0.25, -0.2) is 4.68 Å². The lowest BCUT2D eigenvalue weighted by Crippen LogP contribution is -2.18. The van der Waals surface area contributed by atoms with Crippen molar-refractivity contribution in [2.75, 3.05) is 5.32 Å². The van der Waals surface area contributed by atoms with Crippen LogP contribution in [0.25, 0.3) is 5.69 Å². The zero-order valence-electron chi connectivity index (χ0n) is 14.6. The van der Waals surface area contributed by atoms with Gasteiger partial charge in [-0.2, -0.15) is 5.10 Å². The van der Waals surface area contributed by atoms with Crippen molar-refractivity contribution in [2.24, 2.45) is 0 Å². The molecule has 8 nitrogen and oxygen atoms in total. The minimum atomic E-state index is -1.12. The number of anilines is 1. The Hall–Kier alpha value is -2.75. The number of amides is 1. The van der Waals surface area contributed by atoms with Crippen molar-refractivity contribution in [1.82, 2.24) is 9.78 Å². The second kappa shape index (κ2) is 7.58. The van der Waals surface area contributed by atoms with E-state index in [1.807, 2.05) is 0 Å². The SMILES string of the molecule is O=C(Nc1c2c(nn1-c1cccc(Cl)c1)CS(=O)C2)c1cc(Cl)ccc1[N+](=O)[O-]. The standard InChI is InChI=1S/C18H12Cl2N4O4S/c19-10-2-1-3-12(6-10)23-17(14-8-29(28)9-15(14)22-23)21-18(25)13-7-11(20)4-5-16(13)24(26)27/h1-7H,8-9H2,(H,21,25). The van der Waals surface area contributed by atoms with Crippen molar-refractivity contribution in [2.45, 2.75) is 11.5 Å². The fourth-order valence-corrected chi connectivity index (χ4v) is 4.70. The van der Waals surface area contributed by atoms with Crippen LogP contribution in [-0.4, -0.2) is 24.8 Å². The Bertz CT molecular complexity index is 1190. The number of hydrogen-bond donors (Lipinski definition) is 1. The summed E-state index contributed by atoms with van der Waals surface area (Å²) in [5.74, 6) is 0.0712. The van der Waals surface area contributed by atoms with Crippen molar-refractivity contribution in [3.8, 4) is 5.69 Å². The molecular weight excluding hydrogens is 439 g/mol. The summed E-state index contributed by atoms with van der Waals surface area (Å²) in [6.07, 6.45) is 0. The molecule has 2 aromatic carbocycles. The Labute approximate surface area is 177 Å². The molecule has 11 heteroatoms. The van der Waals surface area contributed by atoms with Gasteiger partial charge in [0, 0.05) is 32.5 Å². The number of nitro groups is 1. The van der Waals surface area contributed by atoms with E-state index in [0.717, 1.165) is 0 Å². The number of nitro benzene ring substituents is 1. The van der Waals surface area contributed by atoms with E-state index in [-0.39, 0.29) is 27.8 Å². The van der Waals surface area contributed by atoms with Gasteiger partial charge in [0.05, 0.1) is 27.8 Å². The van der Waals surface area contributed by atoms with E-state index in [1.165, 1.54) is 22.9 Å². The van der Waals surface area contributed by atoms with Gasteiger partial charge >= 0.3 is 0 Å². The minimum Gasteiger partial charge on any atom is -0.306 e. The van der Waals surface area contributed by atoms with Crippen molar-refractivity contribution < 1.29 is 13.9 Å². The Morgan fingerprint density at radius 3 is 2.66 bits per heavy atom. The molecular formula is C18H12Cl2N4O4S. The van der Waals surface area contributed by atoms with Crippen LogP contribution in [0.5, 0.6) is 0 Å². The van der Waals surface area contributed by atoms with E-state index in [4.69, 9.17) is 23.2 Å². The third-order valence-electron chi connectivity index (χ3n) is 4.35. The van der Waals surface area contributed by atoms with Gasteiger partial charge in [0.15, 0.2) is 0 Å². The summed E-state index contributed by atoms with van der Waals surface area (Å²) in [5, 5.41) is 19.1. The molecule has 0 saturated heterocycles. The molecule has 1 atom stereocenters. The van der Waals surface area contributed by atoms with Gasteiger partial charge in [-0.1, -0.05) is 29.3 Å². The first-order valence-corrected chi connectivity index (χ1v) is 10.5. The average molecular weight is 451 g/mol. The summed E-state index contributed by atoms with van der Waals surface area (Å²) in [6, 6.07) is 10.6. The van der Waals surface area contributed by atoms with Crippen LogP contribution in [-0.2, 0) is 22.3 Å². The molecule has 0 radical (unpaired) electrons. The zero-order chi connectivity index (χ0) is 20.7. The highest BCUT2D eigenvalue weighted by Crippen LogP contribution is 2.33. The Kier molecular flexibility index (Phi) is 5.12. The molecule has 3 aromatic rings. The third kappa shape index (κ3) is 3.76. The summed E-state index contributed by atoms with van der Waals surface area (Å²) < 4.78 is 13.5. The molecule has 1 aliphatic rings. The number of carbonyl (C=O) groups excluding carboxylic acids is 1. The molecule has 1 N–H and O–H groups in total. The lowest BCUT2D eigenvalue weighted by molar-refractivity contribution is -0.385. The van der Waals surface area contributed by atoms with Gasteiger partial charge in [0.1, 0.15) is 11.4 Å². The molecule has 0 fully saturated rings. The number of nitrogens with zero attached hydrogens (tertiary/aromatic N) is 3. The second-order valence-corrected chi connectivity index (χ2v) is 8.60. The van der Waals surface area contributed by atoms with E-state index < -0.39 is 21.6 Å². The third-order valence-corrected chi connectivity index (χ3v) is 6.03. The van der Waals surface area contributed by atoms with Crippen molar-refractivity contribution >= 4 is 51.4 Å². The van der Waals surface area contributed by atoms with Gasteiger partial charge in [0.2, 0.25) is 0 Å². The van der Waals surface area contributed by atoms with Crippen LogP contribution in [0.4, 0.5) is 11.5 Å². The van der Waals surface area contributed by atoms with E-state index in [2.05, 4.69) is 10.4 Å². The second-order valence-electron chi connectivity index (χ2n) is 6.27. The molecule has 0 aliphatic carbocycles. The summed E-state index contributed by atoms with van der Waals surface area (Å²) in [6.45, 7) is 0. The van der Waals surface area contributed by atoms with Gasteiger partial charge in [0.25, 0.3) is 11.6 Å². The van der Waals surface area contributed by atoms with E-state index >= 15 is 0 Å². The van der Waals surface area contributed by atoms with Crippen LogP contribution >= 0.6 is 23.2 Å². The van der Waals surface area contributed by atoms with Gasteiger partial charge in [-0.05, 0) is 30.3 Å². The Morgan fingerprint density at radius 2 is 1.93 bits per heavy atom. The smallest absolute Gasteiger partial charge is 0.282 e. The highest BCUT2D eigenvalue weighted by molar-refractivity contribution is 7.83. The van der Waals surface area contributed by atoms with Crippen molar-refractivity contribution in [1.29, 1.82) is 0 Å². The Balaban J connectivity index is 1.80. The van der Waals surface area contributed by atoms with Crippen LogP contribution in [0.3, 0.4) is 0 Å². The van der Waals surface area contributed by atoms with Crippen molar-refractivity contribution in [3.63, 3.8) is 0 Å². The first-order chi connectivity index (χ1) is 13.8. The topological polar surface area (TPSA) is 107 Å². The van der Waals surface area contributed by atoms with E-state index in [1.54, 1.807) is 24.3 Å². The average Bonchev–Trinajstić information content (AvgIpc) is 3.18. The molecule has 1 aliphatic heterocycles. The highest BCUT2D eigenvalue weighted by Gasteiger charge is 2.30. The largest absolute Gasteiger partial charge is 0.306 e. The Morgan fingerprint density at radius 1 is 1.17 bits per heavy atom. The number of aromatic nitrogens is 2. The number of rotatable bonds is 4. The molecule has 2 heterocycles. The molecule has 0 bridgehead atoms. The maximum Gasteiger partial charge on any atom is 0.282 e. The quantitative estimate of drug-likeness (QED) is 0.475.